The first-order chi connectivity index (χ1) is 11.2. The quantitative estimate of drug-likeness (QED) is 0.628. The van der Waals surface area contributed by atoms with Gasteiger partial charge in [0.05, 0.1) is 4.92 Å². The van der Waals surface area contributed by atoms with Crippen molar-refractivity contribution in [2.75, 3.05) is 6.54 Å². The molecule has 3 rings (SSSR count). The Hall–Kier alpha value is -1.91. The van der Waals surface area contributed by atoms with Crippen molar-refractivity contribution in [3.05, 3.63) is 39.9 Å². The third-order valence-corrected chi connectivity index (χ3v) is 5.36. The second kappa shape index (κ2) is 7.11. The number of piperidine rings is 1. The summed E-state index contributed by atoms with van der Waals surface area (Å²) in [5, 5.41) is 11.1. The number of amides is 1. The van der Waals surface area contributed by atoms with Crippen LogP contribution in [0, 0.1) is 16.0 Å². The number of rotatable bonds is 4. The average molecular weight is 316 g/mol. The maximum atomic E-state index is 12.7. The van der Waals surface area contributed by atoms with Crippen LogP contribution in [0.15, 0.2) is 24.3 Å². The molecule has 1 amide bonds. The number of likely N-dealkylation sites (tertiary alicyclic amines) is 1. The number of hydrogen-bond donors (Lipinski definition) is 0. The molecule has 0 unspecified atom stereocenters. The highest BCUT2D eigenvalue weighted by Gasteiger charge is 2.35. The zero-order chi connectivity index (χ0) is 16.2. The molecule has 2 atom stereocenters. The number of carbonyl (C=O) groups excluding carboxylic acids is 1. The Morgan fingerprint density at radius 3 is 2.74 bits per heavy atom. The van der Waals surface area contributed by atoms with Crippen LogP contribution in [0.5, 0.6) is 0 Å². The van der Waals surface area contributed by atoms with Crippen molar-refractivity contribution in [3.63, 3.8) is 0 Å². The van der Waals surface area contributed by atoms with E-state index in [1.54, 1.807) is 18.2 Å². The van der Waals surface area contributed by atoms with Gasteiger partial charge in [0.25, 0.3) is 5.69 Å². The van der Waals surface area contributed by atoms with Crippen LogP contribution >= 0.6 is 0 Å². The van der Waals surface area contributed by atoms with Gasteiger partial charge in [-0.3, -0.25) is 14.9 Å². The van der Waals surface area contributed by atoms with E-state index in [0.29, 0.717) is 30.4 Å². The van der Waals surface area contributed by atoms with Crippen LogP contribution in [-0.4, -0.2) is 28.3 Å². The normalized spacial score (nSPS) is 24.1. The summed E-state index contributed by atoms with van der Waals surface area (Å²) in [6.07, 6.45) is 8.05. The predicted octanol–water partition coefficient (Wildman–Crippen LogP) is 3.71. The van der Waals surface area contributed by atoms with Crippen LogP contribution in [-0.2, 0) is 11.2 Å². The van der Waals surface area contributed by atoms with Crippen LogP contribution < -0.4 is 0 Å². The number of para-hydroxylation sites is 1. The molecule has 23 heavy (non-hydrogen) atoms. The van der Waals surface area contributed by atoms with Crippen molar-refractivity contribution in [2.24, 2.45) is 5.92 Å². The van der Waals surface area contributed by atoms with Crippen molar-refractivity contribution in [1.82, 2.24) is 4.90 Å². The smallest absolute Gasteiger partial charge is 0.272 e. The maximum absolute atomic E-state index is 12.7. The van der Waals surface area contributed by atoms with Gasteiger partial charge in [-0.15, -0.1) is 0 Å². The molecule has 1 saturated carbocycles. The van der Waals surface area contributed by atoms with Crippen molar-refractivity contribution in [2.45, 2.75) is 57.4 Å². The number of benzene rings is 1. The molecule has 0 aromatic heterocycles. The minimum Gasteiger partial charge on any atom is -0.339 e. The van der Waals surface area contributed by atoms with Gasteiger partial charge in [-0.2, -0.15) is 0 Å². The van der Waals surface area contributed by atoms with E-state index < -0.39 is 0 Å². The van der Waals surface area contributed by atoms with Gasteiger partial charge in [0.15, 0.2) is 0 Å². The minimum absolute atomic E-state index is 0.120. The Morgan fingerprint density at radius 2 is 1.91 bits per heavy atom. The first kappa shape index (κ1) is 16.0. The molecule has 5 nitrogen and oxygen atoms in total. The van der Waals surface area contributed by atoms with Crippen LogP contribution in [0.1, 0.15) is 50.5 Å². The maximum Gasteiger partial charge on any atom is 0.272 e. The average Bonchev–Trinajstić information content (AvgIpc) is 2.59. The van der Waals surface area contributed by atoms with Crippen molar-refractivity contribution < 1.29 is 9.72 Å². The molecule has 1 aromatic rings. The van der Waals surface area contributed by atoms with Gasteiger partial charge >= 0.3 is 0 Å². The molecule has 0 bridgehead atoms. The SMILES string of the molecule is O=C(CCc1ccccc1[N+](=O)[O-])N1CCC[C@@H]2CCCC[C@@H]21. The Morgan fingerprint density at radius 1 is 1.17 bits per heavy atom. The van der Waals surface area contributed by atoms with E-state index >= 15 is 0 Å². The van der Waals surface area contributed by atoms with Gasteiger partial charge in [0.2, 0.25) is 5.91 Å². The van der Waals surface area contributed by atoms with Crippen LogP contribution in [0.25, 0.3) is 0 Å². The molecule has 2 aliphatic rings. The van der Waals surface area contributed by atoms with Crippen molar-refractivity contribution >= 4 is 11.6 Å². The largest absolute Gasteiger partial charge is 0.339 e. The van der Waals surface area contributed by atoms with Gasteiger partial charge in [-0.05, 0) is 38.0 Å². The molecule has 2 fully saturated rings. The lowest BCUT2D eigenvalue weighted by Crippen LogP contribution is -2.49. The van der Waals surface area contributed by atoms with E-state index in [9.17, 15) is 14.9 Å². The summed E-state index contributed by atoms with van der Waals surface area (Å²) in [4.78, 5) is 25.4. The second-order valence-corrected chi connectivity index (χ2v) is 6.73. The molecule has 0 N–H and O–H groups in total. The molecule has 1 aliphatic carbocycles. The molecule has 124 valence electrons. The standard InChI is InChI=1S/C18H24N2O3/c21-18(12-11-15-7-2-4-10-17(15)20(22)23)19-13-5-8-14-6-1-3-9-16(14)19/h2,4,7,10,14,16H,1,3,5-6,8-9,11-13H2/t14-,16-/m0/s1. The molecular formula is C18H24N2O3. The van der Waals surface area contributed by atoms with Gasteiger partial charge in [-0.25, -0.2) is 0 Å². The summed E-state index contributed by atoms with van der Waals surface area (Å²) in [6.45, 7) is 0.858. The number of fused-ring (bicyclic) bond motifs is 1. The fourth-order valence-electron chi connectivity index (χ4n) is 4.22. The molecule has 0 radical (unpaired) electrons. The highest BCUT2D eigenvalue weighted by molar-refractivity contribution is 5.77. The molecule has 1 heterocycles. The number of carbonyl (C=O) groups is 1. The predicted molar refractivity (Wildman–Crippen MR) is 88.1 cm³/mol. The minimum atomic E-state index is -0.363. The number of nitro benzene ring substituents is 1. The Balaban J connectivity index is 1.64. The van der Waals surface area contributed by atoms with Crippen molar-refractivity contribution in [3.8, 4) is 0 Å². The number of nitro groups is 1. The van der Waals surface area contributed by atoms with Crippen molar-refractivity contribution in [1.29, 1.82) is 0 Å². The second-order valence-electron chi connectivity index (χ2n) is 6.73. The van der Waals surface area contributed by atoms with Gasteiger partial charge in [0.1, 0.15) is 0 Å². The highest BCUT2D eigenvalue weighted by Crippen LogP contribution is 2.35. The van der Waals surface area contributed by atoms with Gasteiger partial charge in [-0.1, -0.05) is 31.0 Å². The monoisotopic (exact) mass is 316 g/mol. The van der Waals surface area contributed by atoms with E-state index in [2.05, 4.69) is 4.90 Å². The van der Waals surface area contributed by atoms with E-state index in [4.69, 9.17) is 0 Å². The fraction of sp³-hybridized carbons (Fsp3) is 0.611. The number of hydrogen-bond acceptors (Lipinski definition) is 3. The van der Waals surface area contributed by atoms with E-state index in [0.717, 1.165) is 19.4 Å². The summed E-state index contributed by atoms with van der Waals surface area (Å²) in [6, 6.07) is 7.14. The van der Waals surface area contributed by atoms with Crippen LogP contribution in [0.2, 0.25) is 0 Å². The van der Waals surface area contributed by atoms with Gasteiger partial charge < -0.3 is 4.90 Å². The summed E-state index contributed by atoms with van der Waals surface area (Å²) < 4.78 is 0. The zero-order valence-corrected chi connectivity index (χ0v) is 13.4. The Bertz CT molecular complexity index is 585. The van der Waals surface area contributed by atoms with E-state index in [1.165, 1.54) is 31.7 Å². The topological polar surface area (TPSA) is 63.4 Å². The molecule has 1 saturated heterocycles. The Labute approximate surface area is 136 Å². The third kappa shape index (κ3) is 3.54. The number of nitrogens with zero attached hydrogens (tertiary/aromatic N) is 2. The fourth-order valence-corrected chi connectivity index (χ4v) is 4.22. The zero-order valence-electron chi connectivity index (χ0n) is 13.4. The van der Waals surface area contributed by atoms with Crippen LogP contribution in [0.4, 0.5) is 5.69 Å². The van der Waals surface area contributed by atoms with Crippen LogP contribution in [0.3, 0.4) is 0 Å². The van der Waals surface area contributed by atoms with E-state index in [1.807, 2.05) is 0 Å². The first-order valence-electron chi connectivity index (χ1n) is 8.68. The lowest BCUT2D eigenvalue weighted by Gasteiger charge is -2.44. The molecule has 5 heteroatoms. The molecule has 1 aromatic carbocycles. The third-order valence-electron chi connectivity index (χ3n) is 5.36. The molecule has 0 spiro atoms. The van der Waals surface area contributed by atoms with Gasteiger partial charge in [0, 0.05) is 30.6 Å². The highest BCUT2D eigenvalue weighted by atomic mass is 16.6. The molecule has 1 aliphatic heterocycles. The summed E-state index contributed by atoms with van der Waals surface area (Å²) in [5.41, 5.74) is 0.776. The summed E-state index contributed by atoms with van der Waals surface area (Å²) >= 11 is 0. The first-order valence-corrected chi connectivity index (χ1v) is 8.68. The van der Waals surface area contributed by atoms with E-state index in [-0.39, 0.29) is 16.5 Å². The number of aryl methyl sites for hydroxylation is 1. The summed E-state index contributed by atoms with van der Waals surface area (Å²) in [5.74, 6) is 0.840. The summed E-state index contributed by atoms with van der Waals surface area (Å²) in [7, 11) is 0. The lowest BCUT2D eigenvalue weighted by molar-refractivity contribution is -0.385. The lowest BCUT2D eigenvalue weighted by atomic mass is 9.78. The molecular weight excluding hydrogens is 292 g/mol. The Kier molecular flexibility index (Phi) is 4.94.